The lowest BCUT2D eigenvalue weighted by Gasteiger charge is -2.36. The molecule has 2 amide bonds. The molecule has 29 heavy (non-hydrogen) atoms. The van der Waals surface area contributed by atoms with Crippen LogP contribution in [0.4, 0.5) is 4.79 Å². The molecule has 1 aliphatic heterocycles. The number of piperidine rings is 1. The summed E-state index contributed by atoms with van der Waals surface area (Å²) >= 11 is 0. The first-order chi connectivity index (χ1) is 13.7. The molecule has 2 aromatic rings. The summed E-state index contributed by atoms with van der Waals surface area (Å²) in [5, 5.41) is 8.19. The average molecular weight is 400 g/mol. The fourth-order valence-electron chi connectivity index (χ4n) is 3.52. The van der Waals surface area contributed by atoms with Crippen LogP contribution in [0.3, 0.4) is 0 Å². The van der Waals surface area contributed by atoms with Crippen molar-refractivity contribution in [2.24, 2.45) is 0 Å². The van der Waals surface area contributed by atoms with Crippen LogP contribution in [0.1, 0.15) is 40.0 Å². The van der Waals surface area contributed by atoms with Crippen molar-refractivity contribution in [1.82, 2.24) is 20.0 Å². The number of hydrogen-bond donors (Lipinski definition) is 1. The van der Waals surface area contributed by atoms with E-state index in [4.69, 9.17) is 4.74 Å². The van der Waals surface area contributed by atoms with Crippen molar-refractivity contribution in [1.29, 1.82) is 0 Å². The highest BCUT2D eigenvalue weighted by molar-refractivity contribution is 5.81. The first-order valence-corrected chi connectivity index (χ1v) is 9.96. The number of nitrogens with one attached hydrogen (secondary N) is 1. The third-order valence-corrected chi connectivity index (χ3v) is 4.88. The van der Waals surface area contributed by atoms with Crippen LogP contribution < -0.4 is 10.9 Å². The van der Waals surface area contributed by atoms with Crippen LogP contribution in [-0.4, -0.2) is 51.4 Å². The minimum atomic E-state index is -0.574. The number of ether oxygens (including phenoxy) is 1. The average Bonchev–Trinajstić information content (AvgIpc) is 2.67. The molecular weight excluding hydrogens is 372 g/mol. The van der Waals surface area contributed by atoms with Crippen molar-refractivity contribution in [3.63, 3.8) is 0 Å². The molecule has 0 bridgehead atoms. The monoisotopic (exact) mass is 400 g/mol. The number of benzene rings is 1. The Labute approximate surface area is 169 Å². The lowest BCUT2D eigenvalue weighted by Crippen LogP contribution is -2.51. The van der Waals surface area contributed by atoms with Crippen LogP contribution in [-0.2, 0) is 16.1 Å². The number of aromatic nitrogens is 2. The van der Waals surface area contributed by atoms with Gasteiger partial charge in [0, 0.05) is 24.5 Å². The molecular formula is C21H28N4O4. The van der Waals surface area contributed by atoms with Crippen LogP contribution in [0.2, 0.25) is 0 Å². The highest BCUT2D eigenvalue weighted by Crippen LogP contribution is 2.17. The van der Waals surface area contributed by atoms with Gasteiger partial charge >= 0.3 is 6.09 Å². The van der Waals surface area contributed by atoms with E-state index in [0.717, 1.165) is 24.6 Å². The molecule has 0 saturated carbocycles. The van der Waals surface area contributed by atoms with Gasteiger partial charge in [-0.3, -0.25) is 9.59 Å². The van der Waals surface area contributed by atoms with Gasteiger partial charge in [-0.1, -0.05) is 18.2 Å². The van der Waals surface area contributed by atoms with Crippen LogP contribution in [0.15, 0.2) is 35.3 Å². The molecule has 0 spiro atoms. The predicted molar refractivity (Wildman–Crippen MR) is 110 cm³/mol. The molecule has 1 N–H and O–H groups in total. The van der Waals surface area contributed by atoms with Crippen molar-refractivity contribution in [3.05, 3.63) is 40.8 Å². The molecule has 0 aliphatic carbocycles. The summed E-state index contributed by atoms with van der Waals surface area (Å²) in [6.45, 7) is 6.21. The highest BCUT2D eigenvalue weighted by Gasteiger charge is 2.28. The SMILES string of the molecule is CC(C)(C)OC(=O)NCC1CCCCN1C(=O)Cn1ncc2ccccc2c1=O. The molecule has 3 rings (SSSR count). The minimum Gasteiger partial charge on any atom is -0.444 e. The Morgan fingerprint density at radius 2 is 2.00 bits per heavy atom. The van der Waals surface area contributed by atoms with Crippen molar-refractivity contribution in [3.8, 4) is 0 Å². The minimum absolute atomic E-state index is 0.118. The number of carbonyl (C=O) groups excluding carboxylic acids is 2. The van der Waals surface area contributed by atoms with E-state index >= 15 is 0 Å². The summed E-state index contributed by atoms with van der Waals surface area (Å²) in [6.07, 6.45) is 3.78. The topological polar surface area (TPSA) is 93.5 Å². The van der Waals surface area contributed by atoms with Crippen molar-refractivity contribution in [2.75, 3.05) is 13.1 Å². The van der Waals surface area contributed by atoms with E-state index in [-0.39, 0.29) is 24.1 Å². The zero-order chi connectivity index (χ0) is 21.0. The van der Waals surface area contributed by atoms with Gasteiger partial charge in [0.2, 0.25) is 5.91 Å². The number of nitrogens with zero attached hydrogens (tertiary/aromatic N) is 3. The Balaban J connectivity index is 1.67. The molecule has 8 heteroatoms. The molecule has 2 heterocycles. The molecule has 1 atom stereocenters. The predicted octanol–water partition coefficient (Wildman–Crippen LogP) is 2.30. The lowest BCUT2D eigenvalue weighted by molar-refractivity contribution is -0.135. The lowest BCUT2D eigenvalue weighted by atomic mass is 10.0. The smallest absolute Gasteiger partial charge is 0.407 e. The number of rotatable bonds is 4. The molecule has 1 fully saturated rings. The van der Waals surface area contributed by atoms with Crippen LogP contribution in [0, 0.1) is 0 Å². The number of alkyl carbamates (subject to hydrolysis) is 1. The van der Waals surface area contributed by atoms with E-state index in [1.807, 2.05) is 12.1 Å². The molecule has 1 aromatic heterocycles. The van der Waals surface area contributed by atoms with E-state index in [2.05, 4.69) is 10.4 Å². The maximum Gasteiger partial charge on any atom is 0.407 e. The zero-order valence-electron chi connectivity index (χ0n) is 17.2. The van der Waals surface area contributed by atoms with E-state index in [1.54, 1.807) is 44.0 Å². The second kappa shape index (κ2) is 8.63. The molecule has 8 nitrogen and oxygen atoms in total. The van der Waals surface area contributed by atoms with Crippen LogP contribution in [0.25, 0.3) is 10.8 Å². The Morgan fingerprint density at radius 1 is 1.24 bits per heavy atom. The first kappa shape index (κ1) is 20.8. The van der Waals surface area contributed by atoms with Crippen molar-refractivity contribution < 1.29 is 14.3 Å². The maximum atomic E-state index is 12.9. The summed E-state index contributed by atoms with van der Waals surface area (Å²) in [7, 11) is 0. The maximum absolute atomic E-state index is 12.9. The van der Waals surface area contributed by atoms with E-state index in [0.29, 0.717) is 18.5 Å². The van der Waals surface area contributed by atoms with Crippen molar-refractivity contribution in [2.45, 2.75) is 58.2 Å². The molecule has 1 aliphatic rings. The highest BCUT2D eigenvalue weighted by atomic mass is 16.6. The van der Waals surface area contributed by atoms with Gasteiger partial charge in [0.05, 0.1) is 11.6 Å². The van der Waals surface area contributed by atoms with Gasteiger partial charge in [0.25, 0.3) is 5.56 Å². The largest absolute Gasteiger partial charge is 0.444 e. The number of amides is 2. The second-order valence-electron chi connectivity index (χ2n) is 8.31. The van der Waals surface area contributed by atoms with Gasteiger partial charge in [-0.25, -0.2) is 9.48 Å². The van der Waals surface area contributed by atoms with Gasteiger partial charge in [-0.2, -0.15) is 5.10 Å². The summed E-state index contributed by atoms with van der Waals surface area (Å²) in [5.74, 6) is -0.175. The summed E-state index contributed by atoms with van der Waals surface area (Å²) in [6, 6.07) is 7.06. The van der Waals surface area contributed by atoms with Gasteiger partial charge in [0.1, 0.15) is 12.1 Å². The van der Waals surface area contributed by atoms with Gasteiger partial charge in [0.15, 0.2) is 0 Å². The van der Waals surface area contributed by atoms with E-state index in [1.165, 1.54) is 4.68 Å². The molecule has 0 radical (unpaired) electrons. The second-order valence-corrected chi connectivity index (χ2v) is 8.31. The van der Waals surface area contributed by atoms with Gasteiger partial charge < -0.3 is 15.0 Å². The number of fused-ring (bicyclic) bond motifs is 1. The fourth-order valence-corrected chi connectivity index (χ4v) is 3.52. The van der Waals surface area contributed by atoms with Crippen molar-refractivity contribution >= 4 is 22.8 Å². The third-order valence-electron chi connectivity index (χ3n) is 4.88. The van der Waals surface area contributed by atoms with E-state index < -0.39 is 11.7 Å². The Bertz CT molecular complexity index is 948. The summed E-state index contributed by atoms with van der Waals surface area (Å²) < 4.78 is 6.47. The van der Waals surface area contributed by atoms with E-state index in [9.17, 15) is 14.4 Å². The number of likely N-dealkylation sites (tertiary alicyclic amines) is 1. The number of carbonyl (C=O) groups is 2. The quantitative estimate of drug-likeness (QED) is 0.850. The standard InChI is InChI=1S/C21H28N4O4/c1-21(2,3)29-20(28)22-13-16-9-6-7-11-24(16)18(26)14-25-19(27)17-10-5-4-8-15(17)12-23-25/h4-5,8,10,12,16H,6-7,9,11,13-14H2,1-3H3,(H,22,28). The summed E-state index contributed by atoms with van der Waals surface area (Å²) in [4.78, 5) is 39.2. The summed E-state index contributed by atoms with van der Waals surface area (Å²) in [5.41, 5.74) is -0.855. The normalized spacial score (nSPS) is 17.2. The molecule has 1 aromatic carbocycles. The Hall–Kier alpha value is -2.90. The van der Waals surface area contributed by atoms with Gasteiger partial charge in [-0.05, 0) is 46.1 Å². The molecule has 1 unspecified atom stereocenters. The Kier molecular flexibility index (Phi) is 6.20. The molecule has 156 valence electrons. The fraction of sp³-hybridized carbons (Fsp3) is 0.524. The third kappa shape index (κ3) is 5.34. The first-order valence-electron chi connectivity index (χ1n) is 9.96. The number of hydrogen-bond acceptors (Lipinski definition) is 5. The van der Waals surface area contributed by atoms with Crippen LogP contribution >= 0.6 is 0 Å². The van der Waals surface area contributed by atoms with Crippen LogP contribution in [0.5, 0.6) is 0 Å². The Morgan fingerprint density at radius 3 is 2.76 bits per heavy atom. The molecule has 1 saturated heterocycles. The zero-order valence-corrected chi connectivity index (χ0v) is 17.2. The van der Waals surface area contributed by atoms with Gasteiger partial charge in [-0.15, -0.1) is 0 Å².